The monoisotopic (exact) mass is 343 g/mol. The summed E-state index contributed by atoms with van der Waals surface area (Å²) in [5.74, 6) is 0.565. The maximum Gasteiger partial charge on any atom is 0.271 e. The van der Waals surface area contributed by atoms with Gasteiger partial charge >= 0.3 is 0 Å². The van der Waals surface area contributed by atoms with Crippen LogP contribution in [-0.2, 0) is 4.79 Å². The van der Waals surface area contributed by atoms with Crippen LogP contribution in [0.25, 0.3) is 0 Å². The number of nitrogens with zero attached hydrogens (tertiary/aromatic N) is 4. The van der Waals surface area contributed by atoms with Gasteiger partial charge in [-0.25, -0.2) is 9.97 Å². The highest BCUT2D eigenvalue weighted by atomic mass is 16.2. The average molecular weight is 343 g/mol. The van der Waals surface area contributed by atoms with Gasteiger partial charge in [0.05, 0.1) is 12.4 Å². The van der Waals surface area contributed by atoms with E-state index in [9.17, 15) is 9.59 Å². The molecule has 0 spiro atoms. The van der Waals surface area contributed by atoms with Crippen molar-refractivity contribution in [1.29, 1.82) is 0 Å². The van der Waals surface area contributed by atoms with E-state index in [1.165, 1.54) is 24.6 Å². The van der Waals surface area contributed by atoms with Gasteiger partial charge in [-0.2, -0.15) is 0 Å². The van der Waals surface area contributed by atoms with Crippen LogP contribution < -0.4 is 10.2 Å². The highest BCUT2D eigenvalue weighted by Gasteiger charge is 2.17. The molecule has 7 nitrogen and oxygen atoms in total. The van der Waals surface area contributed by atoms with E-state index in [-0.39, 0.29) is 5.91 Å². The highest BCUT2D eigenvalue weighted by molar-refractivity contribution is 5.92. The Labute approximate surface area is 148 Å². The Morgan fingerprint density at radius 3 is 2.64 bits per heavy atom. The molecule has 0 atom stereocenters. The molecule has 0 radical (unpaired) electrons. The quantitative estimate of drug-likeness (QED) is 0.623. The first-order chi connectivity index (χ1) is 12.3. The van der Waals surface area contributed by atoms with Crippen molar-refractivity contribution < 1.29 is 9.59 Å². The topological polar surface area (TPSA) is 78.4 Å². The smallest absolute Gasteiger partial charge is 0.271 e. The fourth-order valence-corrected chi connectivity index (χ4v) is 3.22. The number of nitrogens with one attached hydrogen (secondary N) is 1. The van der Waals surface area contributed by atoms with E-state index in [1.807, 2.05) is 0 Å². The molecule has 1 aliphatic carbocycles. The predicted octanol–water partition coefficient (Wildman–Crippen LogP) is 1.38. The number of hydrogen-bond acceptors (Lipinski definition) is 5. The Morgan fingerprint density at radius 1 is 1.16 bits per heavy atom. The SMILES string of the molecule is O=CN1CCN(c2cnc(C(=O)NCCC3=CCCCC3)cn2)CC1. The third-order valence-electron chi connectivity index (χ3n) is 4.77. The maximum absolute atomic E-state index is 12.2. The van der Waals surface area contributed by atoms with E-state index in [1.54, 1.807) is 11.1 Å². The second-order valence-electron chi connectivity index (χ2n) is 6.50. The van der Waals surface area contributed by atoms with Gasteiger partial charge in [0, 0.05) is 32.7 Å². The van der Waals surface area contributed by atoms with Gasteiger partial charge in [0.25, 0.3) is 5.91 Å². The second kappa shape index (κ2) is 8.60. The van der Waals surface area contributed by atoms with Crippen LogP contribution >= 0.6 is 0 Å². The highest BCUT2D eigenvalue weighted by Crippen LogP contribution is 2.19. The van der Waals surface area contributed by atoms with Crippen molar-refractivity contribution in [2.24, 2.45) is 0 Å². The first-order valence-corrected chi connectivity index (χ1v) is 8.99. The van der Waals surface area contributed by atoms with E-state index in [0.717, 1.165) is 44.6 Å². The zero-order valence-electron chi connectivity index (χ0n) is 14.5. The van der Waals surface area contributed by atoms with E-state index in [4.69, 9.17) is 0 Å². The van der Waals surface area contributed by atoms with E-state index in [2.05, 4.69) is 26.3 Å². The molecule has 25 heavy (non-hydrogen) atoms. The number of rotatable bonds is 6. The minimum absolute atomic E-state index is 0.179. The molecular formula is C18H25N5O2. The molecular weight excluding hydrogens is 318 g/mol. The molecule has 134 valence electrons. The van der Waals surface area contributed by atoms with Crippen molar-refractivity contribution in [3.05, 3.63) is 29.7 Å². The molecule has 1 saturated heterocycles. The lowest BCUT2D eigenvalue weighted by atomic mass is 9.97. The van der Waals surface area contributed by atoms with Crippen molar-refractivity contribution in [1.82, 2.24) is 20.2 Å². The van der Waals surface area contributed by atoms with E-state index in [0.29, 0.717) is 25.3 Å². The summed E-state index contributed by atoms with van der Waals surface area (Å²) >= 11 is 0. The summed E-state index contributed by atoms with van der Waals surface area (Å²) in [4.78, 5) is 35.3. The Bertz CT molecular complexity index is 621. The van der Waals surface area contributed by atoms with Gasteiger partial charge in [-0.05, 0) is 32.1 Å². The van der Waals surface area contributed by atoms with Gasteiger partial charge in [-0.15, -0.1) is 0 Å². The normalized spacial score (nSPS) is 17.8. The summed E-state index contributed by atoms with van der Waals surface area (Å²) in [6.45, 7) is 3.47. The number of piperazine rings is 1. The molecule has 2 amide bonds. The van der Waals surface area contributed by atoms with Crippen molar-refractivity contribution in [2.75, 3.05) is 37.6 Å². The second-order valence-corrected chi connectivity index (χ2v) is 6.50. The fourth-order valence-electron chi connectivity index (χ4n) is 3.22. The van der Waals surface area contributed by atoms with E-state index >= 15 is 0 Å². The number of carbonyl (C=O) groups excluding carboxylic acids is 2. The first-order valence-electron chi connectivity index (χ1n) is 8.99. The lowest BCUT2D eigenvalue weighted by molar-refractivity contribution is -0.118. The molecule has 0 unspecified atom stereocenters. The average Bonchev–Trinajstić information content (AvgIpc) is 2.69. The van der Waals surface area contributed by atoms with Crippen LogP contribution in [0.2, 0.25) is 0 Å². The zero-order valence-corrected chi connectivity index (χ0v) is 14.5. The molecule has 0 saturated carbocycles. The number of carbonyl (C=O) groups is 2. The summed E-state index contributed by atoms with van der Waals surface area (Å²) in [6, 6.07) is 0. The summed E-state index contributed by atoms with van der Waals surface area (Å²) in [5.41, 5.74) is 1.79. The molecule has 7 heteroatoms. The summed E-state index contributed by atoms with van der Waals surface area (Å²) in [5, 5.41) is 2.92. The van der Waals surface area contributed by atoms with Gasteiger partial charge in [-0.3, -0.25) is 9.59 Å². The molecule has 3 rings (SSSR count). The number of aromatic nitrogens is 2. The van der Waals surface area contributed by atoms with Gasteiger partial charge < -0.3 is 15.1 Å². The number of anilines is 1. The zero-order chi connectivity index (χ0) is 17.5. The van der Waals surface area contributed by atoms with Crippen LogP contribution in [0.1, 0.15) is 42.6 Å². The van der Waals surface area contributed by atoms with Crippen molar-refractivity contribution >= 4 is 18.1 Å². The summed E-state index contributed by atoms with van der Waals surface area (Å²) in [6.07, 6.45) is 12.1. The molecule has 1 N–H and O–H groups in total. The first kappa shape index (κ1) is 17.4. The fraction of sp³-hybridized carbons (Fsp3) is 0.556. The van der Waals surface area contributed by atoms with Gasteiger partial charge in [-0.1, -0.05) is 11.6 Å². The van der Waals surface area contributed by atoms with Crippen LogP contribution in [0.3, 0.4) is 0 Å². The molecule has 1 aromatic rings. The Balaban J connectivity index is 1.47. The molecule has 1 aromatic heterocycles. The van der Waals surface area contributed by atoms with Crippen LogP contribution in [0.15, 0.2) is 24.0 Å². The van der Waals surface area contributed by atoms with Crippen LogP contribution in [-0.4, -0.2) is 59.9 Å². The third-order valence-corrected chi connectivity index (χ3v) is 4.77. The Morgan fingerprint density at radius 2 is 2.00 bits per heavy atom. The van der Waals surface area contributed by atoms with E-state index < -0.39 is 0 Å². The number of amides is 2. The van der Waals surface area contributed by atoms with Crippen molar-refractivity contribution in [3.63, 3.8) is 0 Å². The van der Waals surface area contributed by atoms with Crippen LogP contribution in [0.5, 0.6) is 0 Å². The number of allylic oxidation sites excluding steroid dienone is 1. The lowest BCUT2D eigenvalue weighted by Crippen LogP contribution is -2.46. The summed E-state index contributed by atoms with van der Waals surface area (Å²) in [7, 11) is 0. The summed E-state index contributed by atoms with van der Waals surface area (Å²) < 4.78 is 0. The minimum Gasteiger partial charge on any atom is -0.352 e. The minimum atomic E-state index is -0.179. The Kier molecular flexibility index (Phi) is 5.98. The molecule has 1 fully saturated rings. The van der Waals surface area contributed by atoms with Crippen molar-refractivity contribution in [3.8, 4) is 0 Å². The lowest BCUT2D eigenvalue weighted by Gasteiger charge is -2.33. The Hall–Kier alpha value is -2.44. The maximum atomic E-state index is 12.2. The largest absolute Gasteiger partial charge is 0.352 e. The molecule has 0 aromatic carbocycles. The molecule has 2 aliphatic rings. The molecule has 1 aliphatic heterocycles. The number of hydrogen-bond donors (Lipinski definition) is 1. The van der Waals surface area contributed by atoms with Gasteiger partial charge in [0.2, 0.25) is 6.41 Å². The van der Waals surface area contributed by atoms with Crippen LogP contribution in [0, 0.1) is 0 Å². The molecule has 2 heterocycles. The van der Waals surface area contributed by atoms with Crippen molar-refractivity contribution in [2.45, 2.75) is 32.1 Å². The predicted molar refractivity (Wildman–Crippen MR) is 95.4 cm³/mol. The standard InChI is InChI=1S/C18H25N5O2/c24-14-22-8-10-23(11-9-22)17-13-20-16(12-21-17)18(25)19-7-6-15-4-2-1-3-5-15/h4,12-14H,1-3,5-11H2,(H,19,25). The van der Waals surface area contributed by atoms with Gasteiger partial charge in [0.15, 0.2) is 0 Å². The van der Waals surface area contributed by atoms with Gasteiger partial charge in [0.1, 0.15) is 11.5 Å². The molecule has 0 bridgehead atoms. The third kappa shape index (κ3) is 4.78. The van der Waals surface area contributed by atoms with Crippen LogP contribution in [0.4, 0.5) is 5.82 Å².